The molecule has 0 radical (unpaired) electrons. The summed E-state index contributed by atoms with van der Waals surface area (Å²) in [6, 6.07) is 8.36. The van der Waals surface area contributed by atoms with Gasteiger partial charge in [0.25, 0.3) is 0 Å². The van der Waals surface area contributed by atoms with Crippen LogP contribution in [0.5, 0.6) is 5.75 Å². The molecular weight excluding hydrogens is 479 g/mol. The topological polar surface area (TPSA) is 99.0 Å². The fourth-order valence-corrected chi connectivity index (χ4v) is 3.70. The number of ether oxygens (including phenoxy) is 2. The van der Waals surface area contributed by atoms with Crippen LogP contribution in [0.3, 0.4) is 0 Å². The predicted molar refractivity (Wildman–Crippen MR) is 130 cm³/mol. The predicted octanol–water partition coefficient (Wildman–Crippen LogP) is 5.71. The first-order chi connectivity index (χ1) is 16.5. The van der Waals surface area contributed by atoms with Crippen LogP contribution in [0.15, 0.2) is 42.5 Å². The molecule has 1 aliphatic rings. The zero-order valence-corrected chi connectivity index (χ0v) is 20.2. The molecule has 0 aromatic heterocycles. The second-order valence-electron chi connectivity index (χ2n) is 8.81. The summed E-state index contributed by atoms with van der Waals surface area (Å²) < 4.78 is 25.2. The first-order valence-electron chi connectivity index (χ1n) is 10.8. The van der Waals surface area contributed by atoms with Crippen molar-refractivity contribution in [1.29, 1.82) is 0 Å². The molecule has 1 amide bonds. The number of rotatable bonds is 6. The molecule has 8 nitrogen and oxygen atoms in total. The maximum absolute atomic E-state index is 14.2. The van der Waals surface area contributed by atoms with Crippen molar-refractivity contribution in [2.24, 2.45) is 0 Å². The van der Waals surface area contributed by atoms with E-state index in [9.17, 15) is 24.1 Å². The van der Waals surface area contributed by atoms with E-state index in [1.807, 2.05) is 0 Å². The monoisotopic (exact) mass is 502 g/mol. The number of carbonyl (C=O) groups is 1. The third kappa shape index (κ3) is 6.47. The number of nitrogens with zero attached hydrogens (tertiary/aromatic N) is 2. The molecule has 0 atom stereocenters. The number of hydrogen-bond acceptors (Lipinski definition) is 6. The van der Waals surface area contributed by atoms with Crippen molar-refractivity contribution in [1.82, 2.24) is 4.90 Å². The van der Waals surface area contributed by atoms with E-state index in [1.54, 1.807) is 44.9 Å². The molecule has 0 saturated carbocycles. The molecule has 0 saturated heterocycles. The van der Waals surface area contributed by atoms with Gasteiger partial charge in [0.2, 0.25) is 0 Å². The van der Waals surface area contributed by atoms with Gasteiger partial charge in [-0.3, -0.25) is 10.1 Å². The second kappa shape index (κ2) is 10.7. The number of carbonyl (C=O) groups excluding carboxylic acids is 2. The summed E-state index contributed by atoms with van der Waals surface area (Å²) in [7, 11) is 0. The van der Waals surface area contributed by atoms with Gasteiger partial charge in [-0.1, -0.05) is 23.7 Å². The van der Waals surface area contributed by atoms with Crippen molar-refractivity contribution in [3.8, 4) is 5.75 Å². The number of para-hydroxylation sites is 1. The van der Waals surface area contributed by atoms with Crippen LogP contribution in [0.2, 0.25) is 5.02 Å². The molecule has 1 heterocycles. The van der Waals surface area contributed by atoms with E-state index < -0.39 is 29.0 Å². The second-order valence-corrected chi connectivity index (χ2v) is 9.25. The van der Waals surface area contributed by atoms with Crippen LogP contribution in [0.4, 0.5) is 14.9 Å². The molecule has 0 unspecified atom stereocenters. The molecule has 2 aromatic rings. The molecular formula is C25H24ClFN2O6. The van der Waals surface area contributed by atoms with Crippen LogP contribution in [0.25, 0.3) is 11.1 Å². The Morgan fingerprint density at radius 1 is 1.29 bits per heavy atom. The van der Waals surface area contributed by atoms with Crippen molar-refractivity contribution >= 4 is 40.5 Å². The van der Waals surface area contributed by atoms with Crippen molar-refractivity contribution in [2.75, 3.05) is 19.7 Å². The van der Waals surface area contributed by atoms with E-state index in [1.165, 1.54) is 23.1 Å². The largest absolute Gasteiger partial charge is 0.481 e. The first kappa shape index (κ1) is 25.9. The summed E-state index contributed by atoms with van der Waals surface area (Å²) in [6.07, 6.45) is 1.65. The Morgan fingerprint density at radius 2 is 2.03 bits per heavy atom. The third-order valence-corrected chi connectivity index (χ3v) is 5.37. The normalized spacial score (nSPS) is 13.5. The van der Waals surface area contributed by atoms with Gasteiger partial charge in [-0.25, -0.2) is 14.0 Å². The van der Waals surface area contributed by atoms with Crippen LogP contribution in [0, 0.1) is 15.9 Å². The Bertz CT molecular complexity index is 1230. The molecule has 0 N–H and O–H groups in total. The van der Waals surface area contributed by atoms with Crippen LogP contribution in [-0.4, -0.2) is 47.2 Å². The van der Waals surface area contributed by atoms with Gasteiger partial charge in [-0.15, -0.1) is 0 Å². The summed E-state index contributed by atoms with van der Waals surface area (Å²) in [5.74, 6) is 0.825. The molecule has 184 valence electrons. The fourth-order valence-electron chi connectivity index (χ4n) is 3.54. The SMILES string of the molecule is CC(C)(C)OC(=O)N1CC=C(c2cccc(OCC(=C=O)c3ccc(Cl)cc3F)c2[N+](=O)[O-])CC1. The summed E-state index contributed by atoms with van der Waals surface area (Å²) >= 11 is 5.75. The van der Waals surface area contributed by atoms with Gasteiger partial charge in [-0.2, -0.15) is 0 Å². The van der Waals surface area contributed by atoms with Crippen LogP contribution >= 0.6 is 11.6 Å². The molecule has 1 aliphatic heterocycles. The van der Waals surface area contributed by atoms with Gasteiger partial charge in [0, 0.05) is 23.7 Å². The minimum atomic E-state index is -0.732. The lowest BCUT2D eigenvalue weighted by Crippen LogP contribution is -2.39. The highest BCUT2D eigenvalue weighted by Gasteiger charge is 2.28. The Kier molecular flexibility index (Phi) is 7.94. The van der Waals surface area contributed by atoms with Crippen molar-refractivity contribution in [3.05, 3.63) is 74.6 Å². The van der Waals surface area contributed by atoms with Gasteiger partial charge in [0.15, 0.2) is 5.75 Å². The quantitative estimate of drug-likeness (QED) is 0.285. The summed E-state index contributed by atoms with van der Waals surface area (Å²) in [5, 5.41) is 12.1. The third-order valence-electron chi connectivity index (χ3n) is 5.14. The minimum Gasteiger partial charge on any atom is -0.481 e. The fraction of sp³-hybridized carbons (Fsp3) is 0.320. The number of nitro benzene ring substituents is 1. The Morgan fingerprint density at radius 3 is 2.60 bits per heavy atom. The highest BCUT2D eigenvalue weighted by Crippen LogP contribution is 2.38. The Hall–Kier alpha value is -3.68. The Balaban J connectivity index is 1.82. The molecule has 0 bridgehead atoms. The van der Waals surface area contributed by atoms with Crippen molar-refractivity contribution in [2.45, 2.75) is 32.8 Å². The van der Waals surface area contributed by atoms with Crippen molar-refractivity contribution in [3.63, 3.8) is 0 Å². The molecule has 2 aromatic carbocycles. The van der Waals surface area contributed by atoms with Gasteiger partial charge in [0.1, 0.15) is 24.0 Å². The van der Waals surface area contributed by atoms with Gasteiger partial charge in [-0.05, 0) is 63.1 Å². The van der Waals surface area contributed by atoms with E-state index in [-0.39, 0.29) is 34.1 Å². The number of benzene rings is 2. The molecule has 0 fully saturated rings. The first-order valence-corrected chi connectivity index (χ1v) is 11.1. The van der Waals surface area contributed by atoms with Crippen molar-refractivity contribution < 1.29 is 28.4 Å². The van der Waals surface area contributed by atoms with E-state index in [4.69, 9.17) is 21.1 Å². The zero-order valence-electron chi connectivity index (χ0n) is 19.5. The average Bonchev–Trinajstić information content (AvgIpc) is 2.79. The lowest BCUT2D eigenvalue weighted by molar-refractivity contribution is -0.386. The molecule has 10 heteroatoms. The van der Waals surface area contributed by atoms with Gasteiger partial charge < -0.3 is 14.4 Å². The van der Waals surface area contributed by atoms with Crippen LogP contribution < -0.4 is 4.74 Å². The number of hydrogen-bond donors (Lipinski definition) is 0. The number of halogens is 2. The van der Waals surface area contributed by atoms with E-state index in [0.717, 1.165) is 6.07 Å². The Labute approximate surface area is 206 Å². The minimum absolute atomic E-state index is 0.0552. The average molecular weight is 503 g/mol. The molecule has 35 heavy (non-hydrogen) atoms. The highest BCUT2D eigenvalue weighted by atomic mass is 35.5. The maximum atomic E-state index is 14.2. The van der Waals surface area contributed by atoms with E-state index in [0.29, 0.717) is 24.1 Å². The zero-order chi connectivity index (χ0) is 25.8. The standard InChI is InChI=1S/C25H24ClFN2O6/c1-25(2,3)35-24(31)28-11-9-16(10-12-28)20-5-4-6-22(23(20)29(32)33)34-15-17(14-30)19-8-7-18(26)13-21(19)27/h4-9,13H,10-12,15H2,1-3H3. The summed E-state index contributed by atoms with van der Waals surface area (Å²) in [6.45, 7) is 5.46. The van der Waals surface area contributed by atoms with Gasteiger partial charge >= 0.3 is 11.8 Å². The molecule has 0 spiro atoms. The van der Waals surface area contributed by atoms with Gasteiger partial charge in [0.05, 0.1) is 16.1 Å². The summed E-state index contributed by atoms with van der Waals surface area (Å²) in [4.78, 5) is 36.6. The van der Waals surface area contributed by atoms with Crippen LogP contribution in [0.1, 0.15) is 38.3 Å². The smallest absolute Gasteiger partial charge is 0.410 e. The lowest BCUT2D eigenvalue weighted by atomic mass is 9.97. The number of nitro groups is 1. The number of amides is 1. The molecule has 0 aliphatic carbocycles. The van der Waals surface area contributed by atoms with E-state index in [2.05, 4.69) is 0 Å². The van der Waals surface area contributed by atoms with Crippen LogP contribution in [-0.2, 0) is 9.53 Å². The van der Waals surface area contributed by atoms with E-state index >= 15 is 0 Å². The lowest BCUT2D eigenvalue weighted by Gasteiger charge is -2.29. The molecule has 3 rings (SSSR count). The summed E-state index contributed by atoms with van der Waals surface area (Å²) in [5.41, 5.74) is -0.104. The highest BCUT2D eigenvalue weighted by molar-refractivity contribution is 6.30. The maximum Gasteiger partial charge on any atom is 0.410 e.